The van der Waals surface area contributed by atoms with Crippen molar-refractivity contribution >= 4 is 34.2 Å². The van der Waals surface area contributed by atoms with Crippen molar-refractivity contribution in [2.45, 2.75) is 38.5 Å². The lowest BCUT2D eigenvalue weighted by Gasteiger charge is -2.36. The zero-order valence-corrected chi connectivity index (χ0v) is 22.3. The van der Waals surface area contributed by atoms with Gasteiger partial charge in [0.05, 0.1) is 23.7 Å². The third kappa shape index (κ3) is 5.17. The molecule has 6 nitrogen and oxygen atoms in total. The molecule has 1 aromatic heterocycles. The number of nitrogens with one attached hydrogen (secondary N) is 2. The second-order valence-corrected chi connectivity index (χ2v) is 10.6. The molecule has 3 aromatic carbocycles. The van der Waals surface area contributed by atoms with Crippen molar-refractivity contribution in [1.29, 1.82) is 0 Å². The zero-order chi connectivity index (χ0) is 26.7. The minimum Gasteiger partial charge on any atom is -0.464 e. The summed E-state index contributed by atoms with van der Waals surface area (Å²) in [6, 6.07) is 24.6. The summed E-state index contributed by atoms with van der Waals surface area (Å²) in [7, 11) is 5.44. The summed E-state index contributed by atoms with van der Waals surface area (Å²) < 4.78 is 4.86. The lowest BCUT2D eigenvalue weighted by atomic mass is 9.69. The molecule has 1 fully saturated rings. The van der Waals surface area contributed by atoms with Crippen LogP contribution in [-0.2, 0) is 16.0 Å². The van der Waals surface area contributed by atoms with Gasteiger partial charge in [-0.3, -0.25) is 4.79 Å². The average molecular weight is 510 g/mol. The number of para-hydroxylation sites is 1. The lowest BCUT2D eigenvalue weighted by Crippen LogP contribution is -2.40. The van der Waals surface area contributed by atoms with Crippen LogP contribution >= 0.6 is 0 Å². The fourth-order valence-electron chi connectivity index (χ4n) is 5.61. The maximum atomic E-state index is 13.9. The van der Waals surface area contributed by atoms with Gasteiger partial charge in [-0.1, -0.05) is 67.8 Å². The molecule has 0 radical (unpaired) electrons. The summed E-state index contributed by atoms with van der Waals surface area (Å²) in [6.45, 7) is 0. The van der Waals surface area contributed by atoms with Crippen LogP contribution < -0.4 is 10.2 Å². The van der Waals surface area contributed by atoms with Gasteiger partial charge in [0.25, 0.3) is 0 Å². The van der Waals surface area contributed by atoms with E-state index in [1.165, 1.54) is 29.5 Å². The molecule has 1 aliphatic carbocycles. The number of nitrogens with zero attached hydrogens (tertiary/aromatic N) is 1. The number of rotatable bonds is 7. The van der Waals surface area contributed by atoms with Crippen LogP contribution in [-0.4, -0.2) is 38.1 Å². The highest BCUT2D eigenvalue weighted by atomic mass is 16.5. The Morgan fingerprint density at radius 1 is 0.921 bits per heavy atom. The first kappa shape index (κ1) is 25.6. The Morgan fingerprint density at radius 2 is 1.58 bits per heavy atom. The van der Waals surface area contributed by atoms with Gasteiger partial charge in [-0.05, 0) is 60.2 Å². The Hall–Kier alpha value is -4.06. The van der Waals surface area contributed by atoms with E-state index in [9.17, 15) is 9.59 Å². The highest BCUT2D eigenvalue weighted by Crippen LogP contribution is 2.41. The molecular weight excluding hydrogens is 474 g/mol. The number of fused-ring (bicyclic) bond motifs is 1. The smallest absolute Gasteiger partial charge is 0.354 e. The number of methoxy groups -OCH3 is 1. The number of carbonyl (C=O) groups excluding carboxylic acids is 2. The van der Waals surface area contributed by atoms with E-state index >= 15 is 0 Å². The first-order valence-corrected chi connectivity index (χ1v) is 13.3. The van der Waals surface area contributed by atoms with Crippen molar-refractivity contribution < 1.29 is 14.3 Å². The minimum atomic E-state index is -0.465. The monoisotopic (exact) mass is 509 g/mol. The Labute approximate surface area is 224 Å². The van der Waals surface area contributed by atoms with Gasteiger partial charge in [-0.25, -0.2) is 4.79 Å². The number of aromatic amines is 1. The molecule has 5 rings (SSSR count). The standard InChI is InChI=1S/C32H35N3O3/c1-35(2)26-16-14-24(15-17-26)23-12-10-22(11-13-23)21-32(18-5-4-6-19-32)31(37)34-27-9-7-8-25-20-28(30(36)38-3)33-29(25)27/h7-17,20,33H,4-6,18-19,21H2,1-3H3,(H,34,37). The van der Waals surface area contributed by atoms with Crippen LogP contribution in [0, 0.1) is 5.41 Å². The fraction of sp³-hybridized carbons (Fsp3) is 0.312. The van der Waals surface area contributed by atoms with Gasteiger partial charge in [0, 0.05) is 25.2 Å². The molecule has 0 aliphatic heterocycles. The van der Waals surface area contributed by atoms with Crippen molar-refractivity contribution in [1.82, 2.24) is 4.98 Å². The Morgan fingerprint density at radius 3 is 2.21 bits per heavy atom. The van der Waals surface area contributed by atoms with Gasteiger partial charge in [-0.2, -0.15) is 0 Å². The van der Waals surface area contributed by atoms with Crippen LogP contribution in [0.1, 0.15) is 48.2 Å². The molecule has 1 aliphatic rings. The van der Waals surface area contributed by atoms with Gasteiger partial charge < -0.3 is 19.9 Å². The van der Waals surface area contributed by atoms with Gasteiger partial charge >= 0.3 is 5.97 Å². The highest BCUT2D eigenvalue weighted by Gasteiger charge is 2.39. The second kappa shape index (κ2) is 10.7. The second-order valence-electron chi connectivity index (χ2n) is 10.6. The number of hydrogen-bond donors (Lipinski definition) is 2. The van der Waals surface area contributed by atoms with E-state index in [0.717, 1.165) is 43.0 Å². The molecule has 0 bridgehead atoms. The number of esters is 1. The van der Waals surface area contributed by atoms with Crippen LogP contribution in [0.15, 0.2) is 72.8 Å². The van der Waals surface area contributed by atoms with Gasteiger partial charge in [0.2, 0.25) is 5.91 Å². The first-order valence-electron chi connectivity index (χ1n) is 13.3. The third-order valence-electron chi connectivity index (χ3n) is 7.82. The number of ether oxygens (including phenoxy) is 1. The number of anilines is 2. The normalized spacial score (nSPS) is 14.7. The van der Waals surface area contributed by atoms with E-state index in [1.807, 2.05) is 32.3 Å². The van der Waals surface area contributed by atoms with Crippen molar-refractivity contribution in [2.24, 2.45) is 5.41 Å². The number of carbonyl (C=O) groups is 2. The third-order valence-corrected chi connectivity index (χ3v) is 7.82. The number of aromatic nitrogens is 1. The van der Waals surface area contributed by atoms with E-state index < -0.39 is 11.4 Å². The zero-order valence-electron chi connectivity index (χ0n) is 22.3. The molecule has 0 saturated heterocycles. The summed E-state index contributed by atoms with van der Waals surface area (Å²) >= 11 is 0. The summed E-state index contributed by atoms with van der Waals surface area (Å²) in [4.78, 5) is 31.1. The molecule has 4 aromatic rings. The van der Waals surface area contributed by atoms with Crippen molar-refractivity contribution in [3.8, 4) is 11.1 Å². The van der Waals surface area contributed by atoms with E-state index in [4.69, 9.17) is 4.74 Å². The quantitative estimate of drug-likeness (QED) is 0.268. The number of benzene rings is 3. The molecule has 38 heavy (non-hydrogen) atoms. The van der Waals surface area contributed by atoms with Crippen molar-refractivity contribution in [3.05, 3.63) is 84.1 Å². The molecule has 1 saturated carbocycles. The number of amides is 1. The number of H-pyrrole nitrogens is 1. The number of hydrogen-bond acceptors (Lipinski definition) is 4. The molecule has 196 valence electrons. The largest absolute Gasteiger partial charge is 0.464 e. The maximum absolute atomic E-state index is 13.9. The summed E-state index contributed by atoms with van der Waals surface area (Å²) in [5, 5.41) is 4.07. The Balaban J connectivity index is 1.37. The molecular formula is C32H35N3O3. The van der Waals surface area contributed by atoms with E-state index in [2.05, 4.69) is 63.7 Å². The van der Waals surface area contributed by atoms with Crippen LogP contribution in [0.3, 0.4) is 0 Å². The summed E-state index contributed by atoms with van der Waals surface area (Å²) in [5.74, 6) is -0.387. The van der Waals surface area contributed by atoms with Crippen LogP contribution in [0.4, 0.5) is 11.4 Å². The van der Waals surface area contributed by atoms with Crippen LogP contribution in [0.2, 0.25) is 0 Å². The molecule has 1 amide bonds. The SMILES string of the molecule is COC(=O)c1cc2cccc(NC(=O)C3(Cc4ccc(-c5ccc(N(C)C)cc5)cc4)CCCCC3)c2[nH]1. The van der Waals surface area contributed by atoms with E-state index in [-0.39, 0.29) is 5.91 Å². The molecule has 2 N–H and O–H groups in total. The summed E-state index contributed by atoms with van der Waals surface area (Å²) in [6.07, 6.45) is 5.67. The maximum Gasteiger partial charge on any atom is 0.354 e. The van der Waals surface area contributed by atoms with Crippen molar-refractivity contribution in [2.75, 3.05) is 31.4 Å². The lowest BCUT2D eigenvalue weighted by molar-refractivity contribution is -0.127. The molecule has 6 heteroatoms. The minimum absolute atomic E-state index is 0.0438. The van der Waals surface area contributed by atoms with E-state index in [0.29, 0.717) is 17.8 Å². The van der Waals surface area contributed by atoms with Crippen molar-refractivity contribution in [3.63, 3.8) is 0 Å². The van der Waals surface area contributed by atoms with Crippen LogP contribution in [0.5, 0.6) is 0 Å². The fourth-order valence-corrected chi connectivity index (χ4v) is 5.61. The Bertz CT molecular complexity index is 1430. The topological polar surface area (TPSA) is 74.4 Å². The highest BCUT2D eigenvalue weighted by molar-refractivity contribution is 6.05. The first-order chi connectivity index (χ1) is 18.4. The van der Waals surface area contributed by atoms with E-state index in [1.54, 1.807) is 6.07 Å². The molecule has 0 spiro atoms. The van der Waals surface area contributed by atoms with Gasteiger partial charge in [-0.15, -0.1) is 0 Å². The van der Waals surface area contributed by atoms with Gasteiger partial charge in [0.15, 0.2) is 0 Å². The predicted molar refractivity (Wildman–Crippen MR) is 154 cm³/mol. The molecule has 1 heterocycles. The molecule has 0 atom stereocenters. The molecule has 0 unspecified atom stereocenters. The summed E-state index contributed by atoms with van der Waals surface area (Å²) in [5.41, 5.74) is 6.01. The Kier molecular flexibility index (Phi) is 7.23. The van der Waals surface area contributed by atoms with Gasteiger partial charge in [0.1, 0.15) is 5.69 Å². The predicted octanol–water partition coefficient (Wildman–Crippen LogP) is 6.82. The van der Waals surface area contributed by atoms with Crippen LogP contribution in [0.25, 0.3) is 22.0 Å². The average Bonchev–Trinajstić information content (AvgIpc) is 3.39.